The maximum atomic E-state index is 12.8. The molecule has 2 aromatic carbocycles. The highest BCUT2D eigenvalue weighted by atomic mass is 16.1. The smallest absolute Gasteiger partial charge is 0.280 e. The van der Waals surface area contributed by atoms with Crippen molar-refractivity contribution in [2.75, 3.05) is 0 Å². The van der Waals surface area contributed by atoms with Gasteiger partial charge in [-0.2, -0.15) is 0 Å². The Balaban J connectivity index is 2.08. The van der Waals surface area contributed by atoms with Crippen LogP contribution in [0.15, 0.2) is 64.4 Å². The number of rotatable bonds is 4. The maximum Gasteiger partial charge on any atom is 0.280 e. The van der Waals surface area contributed by atoms with Crippen LogP contribution in [0.2, 0.25) is 0 Å². The van der Waals surface area contributed by atoms with Crippen LogP contribution in [-0.4, -0.2) is 15.5 Å². The van der Waals surface area contributed by atoms with Gasteiger partial charge in [0.15, 0.2) is 0 Å². The lowest BCUT2D eigenvalue weighted by molar-refractivity contribution is 0.835. The first-order chi connectivity index (χ1) is 11.6. The molecule has 0 radical (unpaired) electrons. The maximum absolute atomic E-state index is 12.8. The number of benzene rings is 2. The number of aromatic nitrogens is 2. The number of nitrogens with one attached hydrogen (secondary N) is 1. The predicted octanol–water partition coefficient (Wildman–Crippen LogP) is 4.18. The van der Waals surface area contributed by atoms with Gasteiger partial charge in [0.2, 0.25) is 0 Å². The van der Waals surface area contributed by atoms with E-state index in [1.54, 1.807) is 4.68 Å². The second-order valence-electron chi connectivity index (χ2n) is 5.77. The Morgan fingerprint density at radius 2 is 1.75 bits per heavy atom. The molecule has 0 amide bonds. The fourth-order valence-electron chi connectivity index (χ4n) is 2.89. The molecule has 3 rings (SSSR count). The molecule has 0 fully saturated rings. The number of hydrogen-bond acceptors (Lipinski definition) is 2. The minimum absolute atomic E-state index is 0.0751. The predicted molar refractivity (Wildman–Crippen MR) is 98.8 cm³/mol. The van der Waals surface area contributed by atoms with Gasteiger partial charge in [-0.1, -0.05) is 43.3 Å². The second kappa shape index (κ2) is 6.71. The van der Waals surface area contributed by atoms with Crippen molar-refractivity contribution in [2.45, 2.75) is 27.2 Å². The van der Waals surface area contributed by atoms with E-state index in [1.807, 2.05) is 62.4 Å². The van der Waals surface area contributed by atoms with Gasteiger partial charge >= 0.3 is 0 Å². The number of nitrogens with zero attached hydrogens (tertiary/aromatic N) is 2. The van der Waals surface area contributed by atoms with Crippen LogP contribution in [0.3, 0.4) is 0 Å². The second-order valence-corrected chi connectivity index (χ2v) is 5.77. The third-order valence-electron chi connectivity index (χ3n) is 4.11. The highest BCUT2D eigenvalue weighted by Gasteiger charge is 2.15. The molecule has 0 bridgehead atoms. The molecule has 0 atom stereocenters. The molecule has 0 saturated carbocycles. The number of aromatic amines is 1. The molecule has 0 spiro atoms. The van der Waals surface area contributed by atoms with Crippen molar-refractivity contribution in [3.05, 3.63) is 81.8 Å². The zero-order valence-corrected chi connectivity index (χ0v) is 14.2. The molecule has 1 heterocycles. The molecule has 0 aliphatic heterocycles. The largest absolute Gasteiger partial charge is 0.295 e. The van der Waals surface area contributed by atoms with Crippen molar-refractivity contribution < 1.29 is 0 Å². The molecule has 3 aromatic rings. The summed E-state index contributed by atoms with van der Waals surface area (Å²) in [5.74, 6) is 0. The highest BCUT2D eigenvalue weighted by molar-refractivity contribution is 6.01. The molecular weight excluding hydrogens is 298 g/mol. The van der Waals surface area contributed by atoms with Gasteiger partial charge in [-0.25, -0.2) is 4.68 Å². The lowest BCUT2D eigenvalue weighted by Gasteiger charge is -2.04. The molecule has 4 heteroatoms. The van der Waals surface area contributed by atoms with Crippen LogP contribution >= 0.6 is 0 Å². The Kier molecular flexibility index (Phi) is 4.47. The van der Waals surface area contributed by atoms with Gasteiger partial charge in [-0.15, -0.1) is 0 Å². The van der Waals surface area contributed by atoms with Gasteiger partial charge in [-0.3, -0.25) is 14.9 Å². The molecule has 1 aromatic heterocycles. The third kappa shape index (κ3) is 2.95. The molecule has 0 saturated heterocycles. The van der Waals surface area contributed by atoms with Crippen LogP contribution in [0.25, 0.3) is 5.69 Å². The molecule has 0 aliphatic carbocycles. The minimum atomic E-state index is -0.0751. The number of hydrogen-bond donors (Lipinski definition) is 1. The first-order valence-corrected chi connectivity index (χ1v) is 8.12. The Hall–Kier alpha value is -2.88. The van der Waals surface area contributed by atoms with E-state index in [1.165, 1.54) is 5.56 Å². The topological polar surface area (TPSA) is 50.1 Å². The van der Waals surface area contributed by atoms with E-state index in [4.69, 9.17) is 4.99 Å². The van der Waals surface area contributed by atoms with E-state index in [-0.39, 0.29) is 5.56 Å². The SMILES string of the molecule is CCc1ccccc1N=C(C)c1c(C)[nH]n(-c2ccccc2)c1=O. The fourth-order valence-corrected chi connectivity index (χ4v) is 2.89. The normalized spacial score (nSPS) is 11.7. The van der Waals surface area contributed by atoms with Gasteiger partial charge in [-0.05, 0) is 44.0 Å². The summed E-state index contributed by atoms with van der Waals surface area (Å²) in [6.45, 7) is 5.90. The monoisotopic (exact) mass is 319 g/mol. The summed E-state index contributed by atoms with van der Waals surface area (Å²) in [6, 6.07) is 17.6. The van der Waals surface area contributed by atoms with Gasteiger partial charge in [0, 0.05) is 5.69 Å². The van der Waals surface area contributed by atoms with Gasteiger partial charge in [0.05, 0.1) is 22.6 Å². The van der Waals surface area contributed by atoms with Crippen molar-refractivity contribution >= 4 is 11.4 Å². The van der Waals surface area contributed by atoms with E-state index in [0.29, 0.717) is 5.56 Å². The summed E-state index contributed by atoms with van der Waals surface area (Å²) in [7, 11) is 0. The Bertz CT molecular complexity index is 933. The highest BCUT2D eigenvalue weighted by Crippen LogP contribution is 2.20. The van der Waals surface area contributed by atoms with Gasteiger partial charge in [0.25, 0.3) is 5.56 Å². The van der Waals surface area contributed by atoms with Crippen LogP contribution in [0.5, 0.6) is 0 Å². The van der Waals surface area contributed by atoms with Gasteiger partial charge < -0.3 is 0 Å². The van der Waals surface area contributed by atoms with E-state index >= 15 is 0 Å². The molecule has 24 heavy (non-hydrogen) atoms. The summed E-state index contributed by atoms with van der Waals surface area (Å²) in [4.78, 5) is 17.5. The van der Waals surface area contributed by atoms with Crippen LogP contribution in [-0.2, 0) is 6.42 Å². The molecule has 1 N–H and O–H groups in total. The molecule has 122 valence electrons. The van der Waals surface area contributed by atoms with Crippen molar-refractivity contribution in [3.63, 3.8) is 0 Å². The summed E-state index contributed by atoms with van der Waals surface area (Å²) in [6.07, 6.45) is 0.910. The van der Waals surface area contributed by atoms with Crippen LogP contribution in [0.4, 0.5) is 5.69 Å². The molecular formula is C20H21N3O. The molecule has 0 unspecified atom stereocenters. The third-order valence-corrected chi connectivity index (χ3v) is 4.11. The Morgan fingerprint density at radius 3 is 2.46 bits per heavy atom. The van der Waals surface area contributed by atoms with Crippen molar-refractivity contribution in [1.29, 1.82) is 0 Å². The summed E-state index contributed by atoms with van der Waals surface area (Å²) in [5.41, 5.74) is 5.01. The lowest BCUT2D eigenvalue weighted by Crippen LogP contribution is -2.19. The Labute approximate surface area is 141 Å². The quantitative estimate of drug-likeness (QED) is 0.721. The number of aryl methyl sites for hydroxylation is 2. The number of aliphatic imine (C=N–C) groups is 1. The van der Waals surface area contributed by atoms with Crippen LogP contribution < -0.4 is 5.56 Å². The molecule has 0 aliphatic rings. The minimum Gasteiger partial charge on any atom is -0.295 e. The average Bonchev–Trinajstić information content (AvgIpc) is 2.90. The van der Waals surface area contributed by atoms with E-state index in [9.17, 15) is 4.79 Å². The average molecular weight is 319 g/mol. The van der Waals surface area contributed by atoms with Crippen molar-refractivity contribution in [2.24, 2.45) is 4.99 Å². The van der Waals surface area contributed by atoms with Crippen molar-refractivity contribution in [3.8, 4) is 5.69 Å². The number of H-pyrrole nitrogens is 1. The summed E-state index contributed by atoms with van der Waals surface area (Å²) >= 11 is 0. The lowest BCUT2D eigenvalue weighted by atomic mass is 10.1. The van der Waals surface area contributed by atoms with E-state index in [2.05, 4.69) is 18.1 Å². The first-order valence-electron chi connectivity index (χ1n) is 8.12. The summed E-state index contributed by atoms with van der Waals surface area (Å²) < 4.78 is 1.56. The van der Waals surface area contributed by atoms with Gasteiger partial charge in [0.1, 0.15) is 0 Å². The Morgan fingerprint density at radius 1 is 1.08 bits per heavy atom. The molecule has 4 nitrogen and oxygen atoms in total. The van der Waals surface area contributed by atoms with E-state index in [0.717, 1.165) is 29.2 Å². The standard InChI is InChI=1S/C20H21N3O/c1-4-16-10-8-9-13-18(16)21-14(2)19-15(3)22-23(20(19)24)17-11-6-5-7-12-17/h5-13,22H,4H2,1-3H3. The zero-order valence-electron chi connectivity index (χ0n) is 14.2. The van der Waals surface area contributed by atoms with Crippen LogP contribution in [0, 0.1) is 6.92 Å². The summed E-state index contributed by atoms with van der Waals surface area (Å²) in [5, 5.41) is 3.15. The fraction of sp³-hybridized carbons (Fsp3) is 0.200. The number of para-hydroxylation sites is 2. The zero-order chi connectivity index (χ0) is 17.1. The van der Waals surface area contributed by atoms with E-state index < -0.39 is 0 Å². The van der Waals surface area contributed by atoms with Crippen LogP contribution in [0.1, 0.15) is 30.7 Å². The van der Waals surface area contributed by atoms with Crippen molar-refractivity contribution in [1.82, 2.24) is 9.78 Å². The first kappa shape index (κ1) is 16.0.